The Bertz CT molecular complexity index is 1830. The van der Waals surface area contributed by atoms with Crippen molar-refractivity contribution in [2.45, 2.75) is 78.2 Å². The molecule has 54 heavy (non-hydrogen) atoms. The fourth-order valence-corrected chi connectivity index (χ4v) is 5.93. The Morgan fingerprint density at radius 3 is 2.26 bits per heavy atom. The SMILES string of the molecule is C=C/C=C(\C(C)=C\COc1nc(OC)c(CNC[C@@H](O)CC(=O)O)cc1C)c1cccc(COc2nc(OC)c(CCC[C@@H](O)CC(=O)O)cc2Cl)c1C. The number of aliphatic carboxylic acids is 2. The van der Waals surface area contributed by atoms with Gasteiger partial charge in [0.15, 0.2) is 0 Å². The second-order valence-electron chi connectivity index (χ2n) is 12.6. The molecule has 3 aromatic rings. The number of allylic oxidation sites excluding steroid dienone is 4. The Morgan fingerprint density at radius 2 is 1.59 bits per heavy atom. The van der Waals surface area contributed by atoms with Crippen molar-refractivity contribution < 1.29 is 49.0 Å². The van der Waals surface area contributed by atoms with E-state index in [-0.39, 0.29) is 38.5 Å². The molecule has 5 N–H and O–H groups in total. The number of carboxylic acids is 2. The molecule has 14 heteroatoms. The van der Waals surface area contributed by atoms with E-state index in [4.69, 9.17) is 40.8 Å². The standard InChI is InChI=1S/C40H50ClN3O10/c1-7-10-32(24(2)15-16-53-37-25(3)17-29(39(43-37)52-6)21-42-22-31(46)20-36(49)50)33-14-9-12-28(26(33)4)23-54-40-34(41)18-27(38(44-40)51-5)11-8-13-30(45)19-35(47)48/h7,9-10,12,14-15,17-18,30-31,42,45-46H,1,8,11,13,16,19-23H2,2-6H3,(H,47,48)(H,49,50)/b24-15+,32-10+/t30-,31+/m1/s1. The molecule has 13 nitrogen and oxygen atoms in total. The fraction of sp³-hybridized carbons (Fsp3) is 0.400. The lowest BCUT2D eigenvalue weighted by Crippen LogP contribution is -2.28. The quantitative estimate of drug-likeness (QED) is 0.0705. The molecule has 3 rings (SSSR count). The number of benzene rings is 1. The average Bonchev–Trinajstić information content (AvgIpc) is 3.11. The van der Waals surface area contributed by atoms with Gasteiger partial charge in [0, 0.05) is 29.8 Å². The minimum atomic E-state index is -1.07. The molecule has 0 aliphatic rings. The number of methoxy groups -OCH3 is 2. The van der Waals surface area contributed by atoms with Crippen LogP contribution in [0.4, 0.5) is 0 Å². The molecule has 0 radical (unpaired) electrons. The van der Waals surface area contributed by atoms with Crippen molar-refractivity contribution in [3.63, 3.8) is 0 Å². The Hall–Kier alpha value is -4.95. The number of hydrogen-bond donors (Lipinski definition) is 5. The number of nitrogens with zero attached hydrogens (tertiary/aromatic N) is 2. The summed E-state index contributed by atoms with van der Waals surface area (Å²) in [6.45, 7) is 10.6. The molecule has 0 aliphatic heterocycles. The maximum absolute atomic E-state index is 10.8. The first-order valence-electron chi connectivity index (χ1n) is 17.4. The zero-order valence-corrected chi connectivity index (χ0v) is 32.1. The molecule has 0 fully saturated rings. The van der Waals surface area contributed by atoms with Crippen molar-refractivity contribution in [2.24, 2.45) is 0 Å². The molecule has 0 saturated carbocycles. The van der Waals surface area contributed by atoms with Crippen LogP contribution < -0.4 is 24.3 Å². The van der Waals surface area contributed by atoms with Gasteiger partial charge in [0.05, 0.1) is 39.3 Å². The summed E-state index contributed by atoms with van der Waals surface area (Å²) >= 11 is 6.56. The molecule has 2 heterocycles. The van der Waals surface area contributed by atoms with Gasteiger partial charge in [0.25, 0.3) is 0 Å². The first-order chi connectivity index (χ1) is 25.8. The summed E-state index contributed by atoms with van der Waals surface area (Å²) in [4.78, 5) is 30.6. The van der Waals surface area contributed by atoms with Crippen molar-refractivity contribution >= 4 is 29.1 Å². The second kappa shape index (κ2) is 21.7. The van der Waals surface area contributed by atoms with E-state index in [1.165, 1.54) is 14.2 Å². The Balaban J connectivity index is 1.70. The van der Waals surface area contributed by atoms with E-state index >= 15 is 0 Å². The monoisotopic (exact) mass is 767 g/mol. The van der Waals surface area contributed by atoms with Crippen LogP contribution in [0.15, 0.2) is 60.7 Å². The van der Waals surface area contributed by atoms with Crippen LogP contribution >= 0.6 is 11.6 Å². The summed E-state index contributed by atoms with van der Waals surface area (Å²) in [5, 5.41) is 40.8. The minimum Gasteiger partial charge on any atom is -0.481 e. The van der Waals surface area contributed by atoms with Crippen LogP contribution in [0.2, 0.25) is 5.02 Å². The van der Waals surface area contributed by atoms with E-state index in [1.54, 1.807) is 12.1 Å². The number of carbonyl (C=O) groups is 2. The Kier molecular flexibility index (Phi) is 17.4. The number of rotatable bonds is 23. The number of aliphatic hydroxyl groups is 2. The molecule has 292 valence electrons. The highest BCUT2D eigenvalue weighted by atomic mass is 35.5. The van der Waals surface area contributed by atoms with Crippen molar-refractivity contribution in [1.29, 1.82) is 0 Å². The lowest BCUT2D eigenvalue weighted by Gasteiger charge is -2.17. The highest BCUT2D eigenvalue weighted by Gasteiger charge is 2.17. The summed E-state index contributed by atoms with van der Waals surface area (Å²) in [5.41, 5.74) is 7.01. The molecule has 2 atom stereocenters. The normalized spacial score (nSPS) is 12.9. The van der Waals surface area contributed by atoms with Crippen molar-refractivity contribution in [1.82, 2.24) is 15.3 Å². The number of ether oxygens (including phenoxy) is 4. The molecule has 0 bridgehead atoms. The fourth-order valence-electron chi connectivity index (χ4n) is 5.70. The van der Waals surface area contributed by atoms with E-state index in [9.17, 15) is 19.8 Å². The van der Waals surface area contributed by atoms with Gasteiger partial charge in [0.1, 0.15) is 18.2 Å². The summed E-state index contributed by atoms with van der Waals surface area (Å²) in [5.74, 6) is -0.804. The maximum atomic E-state index is 10.8. The van der Waals surface area contributed by atoms with E-state index in [0.29, 0.717) is 48.5 Å². The highest BCUT2D eigenvalue weighted by Crippen LogP contribution is 2.33. The van der Waals surface area contributed by atoms with Gasteiger partial charge in [-0.2, -0.15) is 9.97 Å². The second-order valence-corrected chi connectivity index (χ2v) is 13.0. The molecular weight excluding hydrogens is 718 g/mol. The molecule has 2 aromatic heterocycles. The van der Waals surface area contributed by atoms with E-state index in [1.807, 2.05) is 57.2 Å². The minimum absolute atomic E-state index is 0.107. The number of aromatic nitrogens is 2. The summed E-state index contributed by atoms with van der Waals surface area (Å²) in [7, 11) is 3.00. The zero-order chi connectivity index (χ0) is 39.8. The van der Waals surface area contributed by atoms with Crippen LogP contribution in [0, 0.1) is 13.8 Å². The van der Waals surface area contributed by atoms with Crippen LogP contribution in [-0.4, -0.2) is 81.9 Å². The smallest absolute Gasteiger partial charge is 0.306 e. The van der Waals surface area contributed by atoms with Gasteiger partial charge in [-0.1, -0.05) is 48.5 Å². The van der Waals surface area contributed by atoms with Crippen molar-refractivity contribution in [3.8, 4) is 23.5 Å². The van der Waals surface area contributed by atoms with E-state index in [2.05, 4.69) is 21.9 Å². The van der Waals surface area contributed by atoms with Crippen molar-refractivity contribution in [3.05, 3.63) is 99.1 Å². The molecule has 0 unspecified atom stereocenters. The van der Waals surface area contributed by atoms with Crippen LogP contribution in [0.1, 0.15) is 66.0 Å². The number of carboxylic acid groups (broad SMARTS) is 2. The predicted molar refractivity (Wildman–Crippen MR) is 205 cm³/mol. The third-order valence-electron chi connectivity index (χ3n) is 8.49. The van der Waals surface area contributed by atoms with Crippen LogP contribution in [-0.2, 0) is 29.2 Å². The summed E-state index contributed by atoms with van der Waals surface area (Å²) in [6, 6.07) is 9.53. The van der Waals surface area contributed by atoms with Crippen LogP contribution in [0.25, 0.3) is 5.57 Å². The number of aryl methyl sites for hydroxylation is 2. The van der Waals surface area contributed by atoms with Gasteiger partial charge in [-0.25, -0.2) is 0 Å². The number of nitrogens with one attached hydrogen (secondary N) is 1. The zero-order valence-electron chi connectivity index (χ0n) is 31.4. The molecular formula is C40H50ClN3O10. The Morgan fingerprint density at radius 1 is 0.926 bits per heavy atom. The van der Waals surface area contributed by atoms with E-state index in [0.717, 1.165) is 44.5 Å². The first-order valence-corrected chi connectivity index (χ1v) is 17.8. The van der Waals surface area contributed by atoms with Gasteiger partial charge in [-0.15, -0.1) is 0 Å². The molecule has 0 amide bonds. The van der Waals surface area contributed by atoms with Gasteiger partial charge < -0.3 is 44.7 Å². The van der Waals surface area contributed by atoms with Crippen LogP contribution in [0.3, 0.4) is 0 Å². The number of hydrogen-bond acceptors (Lipinski definition) is 11. The summed E-state index contributed by atoms with van der Waals surface area (Å²) < 4.78 is 23.1. The summed E-state index contributed by atoms with van der Waals surface area (Å²) in [6.07, 6.45) is 4.35. The third kappa shape index (κ3) is 13.2. The highest BCUT2D eigenvalue weighted by molar-refractivity contribution is 6.31. The maximum Gasteiger partial charge on any atom is 0.306 e. The van der Waals surface area contributed by atoms with Crippen molar-refractivity contribution in [2.75, 3.05) is 27.4 Å². The number of aliphatic hydroxyl groups excluding tert-OH is 2. The third-order valence-corrected chi connectivity index (χ3v) is 8.77. The van der Waals surface area contributed by atoms with Gasteiger partial charge in [0.2, 0.25) is 23.5 Å². The number of pyridine rings is 2. The average molecular weight is 768 g/mol. The molecule has 1 aromatic carbocycles. The topological polar surface area (TPSA) is 190 Å². The predicted octanol–water partition coefficient (Wildman–Crippen LogP) is 6.02. The van der Waals surface area contributed by atoms with E-state index < -0.39 is 24.1 Å². The lowest BCUT2D eigenvalue weighted by atomic mass is 9.92. The van der Waals surface area contributed by atoms with Crippen LogP contribution in [0.5, 0.6) is 23.5 Å². The molecule has 0 saturated heterocycles. The lowest BCUT2D eigenvalue weighted by molar-refractivity contribution is -0.140. The molecule has 0 aliphatic carbocycles. The van der Waals surface area contributed by atoms with Gasteiger partial charge in [-0.05, 0) is 86.1 Å². The van der Waals surface area contributed by atoms with Gasteiger partial charge >= 0.3 is 11.9 Å². The first kappa shape index (κ1) is 43.5. The number of halogens is 1. The molecule has 0 spiro atoms. The Labute approximate surface area is 320 Å². The largest absolute Gasteiger partial charge is 0.481 e. The van der Waals surface area contributed by atoms with Gasteiger partial charge in [-0.3, -0.25) is 9.59 Å².